The summed E-state index contributed by atoms with van der Waals surface area (Å²) in [6.45, 7) is 0. The van der Waals surface area contributed by atoms with Crippen molar-refractivity contribution in [2.45, 2.75) is 12.0 Å². The number of halogens is 1. The summed E-state index contributed by atoms with van der Waals surface area (Å²) in [6, 6.07) is 17.8. The smallest absolute Gasteiger partial charge is 0.261 e. The van der Waals surface area contributed by atoms with Crippen molar-refractivity contribution in [1.82, 2.24) is 0 Å². The van der Waals surface area contributed by atoms with Gasteiger partial charge in [0.15, 0.2) is 11.4 Å². The van der Waals surface area contributed by atoms with Crippen LogP contribution in [0.3, 0.4) is 0 Å². The highest BCUT2D eigenvalue weighted by molar-refractivity contribution is 6.31. The third-order valence-electron chi connectivity index (χ3n) is 4.54. The molecule has 1 aliphatic rings. The lowest BCUT2D eigenvalue weighted by molar-refractivity contribution is -0.133. The number of carbonyl (C=O) groups is 2. The Morgan fingerprint density at radius 1 is 1.04 bits per heavy atom. The Morgan fingerprint density at radius 3 is 2.60 bits per heavy atom. The molecule has 3 aromatic carbocycles. The number of fused-ring (bicyclic) bond motifs is 2. The maximum Gasteiger partial charge on any atom is 0.261 e. The minimum Gasteiger partial charge on any atom is -0.375 e. The van der Waals surface area contributed by atoms with Crippen molar-refractivity contribution < 1.29 is 14.7 Å². The summed E-state index contributed by atoms with van der Waals surface area (Å²) in [7, 11) is 0. The fourth-order valence-corrected chi connectivity index (χ4v) is 3.36. The number of carbonyl (C=O) groups excluding carboxylic acids is 2. The molecule has 1 atom stereocenters. The average Bonchev–Trinajstić information content (AvgIpc) is 2.85. The van der Waals surface area contributed by atoms with Crippen LogP contribution in [-0.2, 0) is 10.4 Å². The van der Waals surface area contributed by atoms with Crippen molar-refractivity contribution in [2.24, 2.45) is 0 Å². The molecule has 2 N–H and O–H groups in total. The molecule has 3 aromatic rings. The SMILES string of the molecule is O=C(CC1(O)C(=O)Nc2ccc(Cl)cc21)c1ccc2ccccc2c1. The van der Waals surface area contributed by atoms with Gasteiger partial charge in [0.05, 0.1) is 6.42 Å². The quantitative estimate of drug-likeness (QED) is 0.703. The first-order chi connectivity index (χ1) is 12.0. The number of nitrogens with one attached hydrogen (secondary N) is 1. The Labute approximate surface area is 149 Å². The van der Waals surface area contributed by atoms with Crippen LogP contribution < -0.4 is 5.32 Å². The van der Waals surface area contributed by atoms with Gasteiger partial charge in [-0.3, -0.25) is 9.59 Å². The van der Waals surface area contributed by atoms with Crippen LogP contribution >= 0.6 is 11.6 Å². The van der Waals surface area contributed by atoms with Gasteiger partial charge < -0.3 is 10.4 Å². The molecule has 0 saturated carbocycles. The fraction of sp³-hybridized carbons (Fsp3) is 0.100. The first kappa shape index (κ1) is 15.8. The van der Waals surface area contributed by atoms with Crippen LogP contribution in [0.4, 0.5) is 5.69 Å². The first-order valence-corrected chi connectivity index (χ1v) is 8.21. The predicted molar refractivity (Wildman–Crippen MR) is 96.9 cm³/mol. The molecule has 4 nitrogen and oxygen atoms in total. The Balaban J connectivity index is 1.70. The van der Waals surface area contributed by atoms with Crippen molar-refractivity contribution in [2.75, 3.05) is 5.32 Å². The average molecular weight is 352 g/mol. The van der Waals surface area contributed by atoms with E-state index >= 15 is 0 Å². The zero-order valence-corrected chi connectivity index (χ0v) is 13.9. The highest BCUT2D eigenvalue weighted by Gasteiger charge is 2.46. The van der Waals surface area contributed by atoms with Crippen LogP contribution in [0.1, 0.15) is 22.3 Å². The highest BCUT2D eigenvalue weighted by atomic mass is 35.5. The molecular weight excluding hydrogens is 338 g/mol. The molecule has 0 bridgehead atoms. The zero-order valence-electron chi connectivity index (χ0n) is 13.1. The Bertz CT molecular complexity index is 1030. The summed E-state index contributed by atoms with van der Waals surface area (Å²) in [5.41, 5.74) is -0.652. The summed E-state index contributed by atoms with van der Waals surface area (Å²) < 4.78 is 0. The van der Waals surface area contributed by atoms with E-state index in [1.807, 2.05) is 30.3 Å². The van der Waals surface area contributed by atoms with Crippen LogP contribution in [0, 0.1) is 0 Å². The summed E-state index contributed by atoms with van der Waals surface area (Å²) in [5.74, 6) is -0.921. The molecule has 1 heterocycles. The number of benzene rings is 3. The maximum atomic E-state index is 12.7. The van der Waals surface area contributed by atoms with E-state index in [0.717, 1.165) is 10.8 Å². The third-order valence-corrected chi connectivity index (χ3v) is 4.77. The van der Waals surface area contributed by atoms with E-state index in [0.29, 0.717) is 21.8 Å². The lowest BCUT2D eigenvalue weighted by atomic mass is 9.88. The van der Waals surface area contributed by atoms with Gasteiger partial charge in [-0.1, -0.05) is 48.0 Å². The van der Waals surface area contributed by atoms with Gasteiger partial charge in [-0.15, -0.1) is 0 Å². The number of amides is 1. The first-order valence-electron chi connectivity index (χ1n) is 7.83. The van der Waals surface area contributed by atoms with Gasteiger partial charge in [-0.2, -0.15) is 0 Å². The van der Waals surface area contributed by atoms with Gasteiger partial charge in [0.25, 0.3) is 5.91 Å². The summed E-state index contributed by atoms with van der Waals surface area (Å²) >= 11 is 5.98. The van der Waals surface area contributed by atoms with E-state index in [1.54, 1.807) is 24.3 Å². The van der Waals surface area contributed by atoms with Crippen molar-refractivity contribution in [1.29, 1.82) is 0 Å². The number of aliphatic hydroxyl groups is 1. The van der Waals surface area contributed by atoms with E-state index in [1.165, 1.54) is 6.07 Å². The molecule has 124 valence electrons. The molecular formula is C20H14ClNO3. The van der Waals surface area contributed by atoms with Crippen molar-refractivity contribution in [3.05, 3.63) is 76.8 Å². The molecule has 1 unspecified atom stereocenters. The van der Waals surface area contributed by atoms with E-state index in [2.05, 4.69) is 5.32 Å². The van der Waals surface area contributed by atoms with Gasteiger partial charge in [0.1, 0.15) is 0 Å². The van der Waals surface area contributed by atoms with Gasteiger partial charge >= 0.3 is 0 Å². The molecule has 1 aliphatic heterocycles. The van der Waals surface area contributed by atoms with Gasteiger partial charge in [0.2, 0.25) is 0 Å². The van der Waals surface area contributed by atoms with Gasteiger partial charge in [-0.05, 0) is 35.0 Å². The molecule has 25 heavy (non-hydrogen) atoms. The van der Waals surface area contributed by atoms with Gasteiger partial charge in [0, 0.05) is 21.8 Å². The Hall–Kier alpha value is -2.69. The molecule has 0 aliphatic carbocycles. The molecule has 1 amide bonds. The van der Waals surface area contributed by atoms with Crippen LogP contribution in [0.5, 0.6) is 0 Å². The lowest BCUT2D eigenvalue weighted by Crippen LogP contribution is -2.36. The minimum absolute atomic E-state index is 0.309. The molecule has 4 rings (SSSR count). The predicted octanol–water partition coefficient (Wildman–Crippen LogP) is 3.91. The number of hydrogen-bond acceptors (Lipinski definition) is 3. The monoisotopic (exact) mass is 351 g/mol. The topological polar surface area (TPSA) is 66.4 Å². The molecule has 0 spiro atoms. The molecule has 0 radical (unpaired) electrons. The maximum absolute atomic E-state index is 12.7. The van der Waals surface area contributed by atoms with Crippen molar-refractivity contribution in [3.63, 3.8) is 0 Å². The number of Topliss-reactive ketones (excluding diaryl/α,β-unsaturated/α-hetero) is 1. The lowest BCUT2D eigenvalue weighted by Gasteiger charge is -2.20. The summed E-state index contributed by atoms with van der Waals surface area (Å²) in [4.78, 5) is 25.0. The van der Waals surface area contributed by atoms with Crippen LogP contribution in [-0.4, -0.2) is 16.8 Å². The fourth-order valence-electron chi connectivity index (χ4n) is 3.19. The van der Waals surface area contributed by atoms with E-state index in [4.69, 9.17) is 11.6 Å². The zero-order chi connectivity index (χ0) is 17.6. The molecule has 0 aromatic heterocycles. The summed E-state index contributed by atoms with van der Waals surface area (Å²) in [5, 5.41) is 15.8. The molecule has 0 saturated heterocycles. The number of rotatable bonds is 3. The van der Waals surface area contributed by atoms with Crippen molar-refractivity contribution in [3.8, 4) is 0 Å². The molecule has 0 fully saturated rings. The van der Waals surface area contributed by atoms with E-state index in [-0.39, 0.29) is 12.2 Å². The second kappa shape index (κ2) is 5.69. The van der Waals surface area contributed by atoms with Crippen molar-refractivity contribution >= 4 is 39.8 Å². The Kier molecular flexibility index (Phi) is 3.60. The van der Waals surface area contributed by atoms with Gasteiger partial charge in [-0.25, -0.2) is 0 Å². The van der Waals surface area contributed by atoms with Crippen LogP contribution in [0.2, 0.25) is 5.02 Å². The highest BCUT2D eigenvalue weighted by Crippen LogP contribution is 2.40. The Morgan fingerprint density at radius 2 is 1.80 bits per heavy atom. The number of anilines is 1. The van der Waals surface area contributed by atoms with Crippen LogP contribution in [0.25, 0.3) is 10.8 Å². The van der Waals surface area contributed by atoms with Crippen LogP contribution in [0.15, 0.2) is 60.7 Å². The summed E-state index contributed by atoms with van der Waals surface area (Å²) in [6.07, 6.45) is -0.343. The normalized spacial score (nSPS) is 18.9. The standard InChI is InChI=1S/C20H14ClNO3/c21-15-7-8-17-16(10-15)20(25,19(24)22-17)11-18(23)14-6-5-12-3-1-2-4-13(12)9-14/h1-10,25H,11H2,(H,22,24). The second-order valence-electron chi connectivity index (χ2n) is 6.17. The third kappa shape index (κ3) is 2.60. The number of ketones is 1. The minimum atomic E-state index is -1.91. The second-order valence-corrected chi connectivity index (χ2v) is 6.60. The number of hydrogen-bond donors (Lipinski definition) is 2. The van der Waals surface area contributed by atoms with E-state index < -0.39 is 11.5 Å². The largest absolute Gasteiger partial charge is 0.375 e. The molecule has 5 heteroatoms. The van der Waals surface area contributed by atoms with E-state index in [9.17, 15) is 14.7 Å².